The van der Waals surface area contributed by atoms with Gasteiger partial charge in [0.25, 0.3) is 0 Å². The van der Waals surface area contributed by atoms with Crippen molar-refractivity contribution in [2.75, 3.05) is 20.2 Å². The van der Waals surface area contributed by atoms with Crippen molar-refractivity contribution in [1.29, 1.82) is 0 Å². The third-order valence-electron chi connectivity index (χ3n) is 3.12. The second-order valence-electron chi connectivity index (χ2n) is 4.29. The topological polar surface area (TPSA) is 101 Å². The average Bonchev–Trinajstić information content (AvgIpc) is 3.06. The molecule has 1 aromatic rings. The van der Waals surface area contributed by atoms with E-state index >= 15 is 0 Å². The summed E-state index contributed by atoms with van der Waals surface area (Å²) in [6.45, 7) is 0.0594. The fourth-order valence-electron chi connectivity index (χ4n) is 2.03. The van der Waals surface area contributed by atoms with Crippen LogP contribution in [0.25, 0.3) is 0 Å². The highest BCUT2D eigenvalue weighted by molar-refractivity contribution is 7.89. The van der Waals surface area contributed by atoms with E-state index in [1.807, 2.05) is 0 Å². The molecule has 0 spiro atoms. The molecule has 1 fully saturated rings. The predicted octanol–water partition coefficient (Wildman–Crippen LogP) is 0.630. The van der Waals surface area contributed by atoms with E-state index < -0.39 is 27.9 Å². The van der Waals surface area contributed by atoms with E-state index in [0.29, 0.717) is 0 Å². The first-order valence-corrected chi connectivity index (χ1v) is 8.08. The van der Waals surface area contributed by atoms with Gasteiger partial charge in [-0.05, 0) is 17.9 Å². The monoisotopic (exact) mass is 319 g/mol. The maximum atomic E-state index is 12.4. The van der Waals surface area contributed by atoms with Crippen LogP contribution in [0.15, 0.2) is 16.3 Å². The van der Waals surface area contributed by atoms with Gasteiger partial charge in [-0.1, -0.05) is 0 Å². The normalized spacial score (nSPS) is 19.9. The van der Waals surface area contributed by atoms with Crippen molar-refractivity contribution < 1.29 is 27.9 Å². The number of thiophene rings is 1. The first-order chi connectivity index (χ1) is 9.37. The Hall–Kier alpha value is -1.45. The fourth-order valence-corrected chi connectivity index (χ4v) is 4.84. The summed E-state index contributed by atoms with van der Waals surface area (Å²) in [7, 11) is -2.69. The lowest BCUT2D eigenvalue weighted by molar-refractivity contribution is -0.141. The molecule has 1 atom stereocenters. The number of hydrogen-bond donors (Lipinski definition) is 1. The van der Waals surface area contributed by atoms with Crippen LogP contribution in [0.2, 0.25) is 0 Å². The second-order valence-corrected chi connectivity index (χ2v) is 7.11. The van der Waals surface area contributed by atoms with E-state index in [2.05, 4.69) is 4.74 Å². The standard InChI is InChI=1S/C11H13NO6S2/c1-18-11(15)9-8(3-5-19-9)20(16,17)12-4-2-7(6-12)10(13)14/h3,5,7H,2,4,6H2,1H3,(H,13,14). The van der Waals surface area contributed by atoms with E-state index in [1.54, 1.807) is 0 Å². The Morgan fingerprint density at radius 3 is 2.75 bits per heavy atom. The van der Waals surface area contributed by atoms with Crippen molar-refractivity contribution in [3.63, 3.8) is 0 Å². The summed E-state index contributed by atoms with van der Waals surface area (Å²) < 4.78 is 30.5. The maximum Gasteiger partial charge on any atom is 0.349 e. The summed E-state index contributed by atoms with van der Waals surface area (Å²) in [6.07, 6.45) is 0.270. The molecular weight excluding hydrogens is 306 g/mol. The zero-order valence-corrected chi connectivity index (χ0v) is 12.2. The van der Waals surface area contributed by atoms with Gasteiger partial charge in [0.2, 0.25) is 10.0 Å². The van der Waals surface area contributed by atoms with Crippen LogP contribution in [0.1, 0.15) is 16.1 Å². The van der Waals surface area contributed by atoms with Crippen LogP contribution in [0, 0.1) is 5.92 Å². The minimum Gasteiger partial charge on any atom is -0.481 e. The lowest BCUT2D eigenvalue weighted by atomic mass is 10.1. The van der Waals surface area contributed by atoms with Crippen molar-refractivity contribution in [3.8, 4) is 0 Å². The van der Waals surface area contributed by atoms with Gasteiger partial charge in [0.15, 0.2) is 0 Å². The Balaban J connectivity index is 2.31. The zero-order valence-electron chi connectivity index (χ0n) is 10.6. The molecule has 20 heavy (non-hydrogen) atoms. The molecule has 1 saturated heterocycles. The molecular formula is C11H13NO6S2. The molecule has 0 aliphatic carbocycles. The molecule has 2 heterocycles. The molecule has 1 aliphatic rings. The summed E-state index contributed by atoms with van der Waals surface area (Å²) >= 11 is 0.978. The first-order valence-electron chi connectivity index (χ1n) is 5.76. The maximum absolute atomic E-state index is 12.4. The van der Waals surface area contributed by atoms with E-state index in [0.717, 1.165) is 15.6 Å². The number of carbonyl (C=O) groups is 2. The van der Waals surface area contributed by atoms with Crippen molar-refractivity contribution in [1.82, 2.24) is 4.31 Å². The van der Waals surface area contributed by atoms with Crippen LogP contribution < -0.4 is 0 Å². The van der Waals surface area contributed by atoms with Gasteiger partial charge < -0.3 is 9.84 Å². The van der Waals surface area contributed by atoms with E-state index in [1.165, 1.54) is 18.6 Å². The summed E-state index contributed by atoms with van der Waals surface area (Å²) in [5.74, 6) is -2.43. The largest absolute Gasteiger partial charge is 0.481 e. The predicted molar refractivity (Wildman–Crippen MR) is 70.2 cm³/mol. The Bertz CT molecular complexity index is 635. The minimum atomic E-state index is -3.87. The van der Waals surface area contributed by atoms with Crippen LogP contribution in [0.3, 0.4) is 0 Å². The number of esters is 1. The van der Waals surface area contributed by atoms with Gasteiger partial charge in [-0.3, -0.25) is 4.79 Å². The van der Waals surface area contributed by atoms with Crippen LogP contribution >= 0.6 is 11.3 Å². The molecule has 7 nitrogen and oxygen atoms in total. The fraction of sp³-hybridized carbons (Fsp3) is 0.455. The minimum absolute atomic E-state index is 0.00581. The third kappa shape index (κ3) is 2.56. The van der Waals surface area contributed by atoms with Gasteiger partial charge in [0.05, 0.1) is 13.0 Å². The quantitative estimate of drug-likeness (QED) is 0.817. The number of aliphatic carboxylic acids is 1. The zero-order chi connectivity index (χ0) is 14.9. The lowest BCUT2D eigenvalue weighted by Crippen LogP contribution is -2.30. The molecule has 0 amide bonds. The summed E-state index contributed by atoms with van der Waals surface area (Å²) in [4.78, 5) is 22.3. The number of hydrogen-bond acceptors (Lipinski definition) is 6. The van der Waals surface area contributed by atoms with Crippen molar-refractivity contribution in [2.45, 2.75) is 11.3 Å². The van der Waals surface area contributed by atoms with Gasteiger partial charge in [-0.15, -0.1) is 11.3 Å². The van der Waals surface area contributed by atoms with E-state index in [-0.39, 0.29) is 29.3 Å². The highest BCUT2D eigenvalue weighted by atomic mass is 32.2. The molecule has 110 valence electrons. The van der Waals surface area contributed by atoms with Gasteiger partial charge in [-0.2, -0.15) is 4.31 Å². The van der Waals surface area contributed by atoms with E-state index in [4.69, 9.17) is 5.11 Å². The molecule has 0 radical (unpaired) electrons. The Morgan fingerprint density at radius 1 is 1.50 bits per heavy atom. The first kappa shape index (κ1) is 14.9. The SMILES string of the molecule is COC(=O)c1sccc1S(=O)(=O)N1CCC(C(=O)O)C1. The Morgan fingerprint density at radius 2 is 2.20 bits per heavy atom. The molecule has 0 saturated carbocycles. The third-order valence-corrected chi connectivity index (χ3v) is 6.05. The molecule has 0 aromatic carbocycles. The van der Waals surface area contributed by atoms with Crippen LogP contribution in [-0.2, 0) is 19.6 Å². The molecule has 1 unspecified atom stereocenters. The number of methoxy groups -OCH3 is 1. The van der Waals surface area contributed by atoms with Crippen LogP contribution in [-0.4, -0.2) is 50.0 Å². The van der Waals surface area contributed by atoms with Crippen molar-refractivity contribution in [3.05, 3.63) is 16.3 Å². The van der Waals surface area contributed by atoms with Crippen LogP contribution in [0.5, 0.6) is 0 Å². The molecule has 2 rings (SSSR count). The van der Waals surface area contributed by atoms with Gasteiger partial charge in [-0.25, -0.2) is 13.2 Å². The summed E-state index contributed by atoms with van der Waals surface area (Å²) in [5, 5.41) is 10.4. The molecule has 1 aliphatic heterocycles. The summed E-state index contributed by atoms with van der Waals surface area (Å²) in [6, 6.07) is 1.33. The number of carboxylic acids is 1. The molecule has 1 aromatic heterocycles. The molecule has 9 heteroatoms. The smallest absolute Gasteiger partial charge is 0.349 e. The van der Waals surface area contributed by atoms with Gasteiger partial charge >= 0.3 is 11.9 Å². The Labute approximate surface area is 119 Å². The highest BCUT2D eigenvalue weighted by Gasteiger charge is 2.38. The Kier molecular flexibility index (Phi) is 4.11. The number of nitrogens with zero attached hydrogens (tertiary/aromatic N) is 1. The highest BCUT2D eigenvalue weighted by Crippen LogP contribution is 2.29. The lowest BCUT2D eigenvalue weighted by Gasteiger charge is -2.15. The number of carbonyl (C=O) groups excluding carboxylic acids is 1. The summed E-state index contributed by atoms with van der Waals surface area (Å²) in [5.41, 5.74) is 0. The van der Waals surface area contributed by atoms with Crippen molar-refractivity contribution >= 4 is 33.3 Å². The number of sulfonamides is 1. The van der Waals surface area contributed by atoms with Gasteiger partial charge in [0.1, 0.15) is 9.77 Å². The van der Waals surface area contributed by atoms with Gasteiger partial charge in [0, 0.05) is 13.1 Å². The molecule has 0 bridgehead atoms. The number of carboxylic acid groups (broad SMARTS) is 1. The van der Waals surface area contributed by atoms with Crippen LogP contribution in [0.4, 0.5) is 0 Å². The molecule has 1 N–H and O–H groups in total. The number of rotatable bonds is 4. The van der Waals surface area contributed by atoms with Crippen molar-refractivity contribution in [2.24, 2.45) is 5.92 Å². The van der Waals surface area contributed by atoms with E-state index in [9.17, 15) is 18.0 Å². The average molecular weight is 319 g/mol. The second kappa shape index (κ2) is 5.51. The number of ether oxygens (including phenoxy) is 1.